The van der Waals surface area contributed by atoms with Crippen LogP contribution in [-0.2, 0) is 14.8 Å². The van der Waals surface area contributed by atoms with Crippen molar-refractivity contribution in [2.75, 3.05) is 6.26 Å². The fourth-order valence-electron chi connectivity index (χ4n) is 3.68. The lowest BCUT2D eigenvalue weighted by molar-refractivity contribution is -0.123. The number of hydrogen-bond acceptors (Lipinski definition) is 3. The molecule has 4 atom stereocenters. The first-order chi connectivity index (χ1) is 11.8. The van der Waals surface area contributed by atoms with Crippen molar-refractivity contribution in [3.8, 4) is 0 Å². The van der Waals surface area contributed by atoms with Gasteiger partial charge in [0, 0.05) is 29.5 Å². The lowest BCUT2D eigenvalue weighted by atomic mass is 9.91. The molecule has 0 aromatic heterocycles. The largest absolute Gasteiger partial charge is 0.352 e. The van der Waals surface area contributed by atoms with E-state index in [1.54, 1.807) is 0 Å². The molecular formula is C17H22F2N2O3S. The third kappa shape index (κ3) is 4.36. The minimum absolute atomic E-state index is 0.0305. The van der Waals surface area contributed by atoms with E-state index in [0.29, 0.717) is 19.3 Å². The van der Waals surface area contributed by atoms with Crippen molar-refractivity contribution in [2.45, 2.75) is 50.1 Å². The second-order valence-electron chi connectivity index (χ2n) is 6.98. The van der Waals surface area contributed by atoms with E-state index in [1.807, 2.05) is 0 Å². The standard InChI is InChI=1S/C17H22F2N2O3S/c1-25(23,24)21-15-8-3-2-7-14(15)20-17(22)11-9-10(11)16-12(18)5-4-6-13(16)19/h4-6,10-11,14-15,21H,2-3,7-9H2,1H3,(H,20,22)/t10-,11+,14+,15-/m1/s1. The highest BCUT2D eigenvalue weighted by atomic mass is 32.2. The molecule has 5 nitrogen and oxygen atoms in total. The normalized spacial score (nSPS) is 29.2. The van der Waals surface area contributed by atoms with Gasteiger partial charge in [-0.2, -0.15) is 0 Å². The Labute approximate surface area is 146 Å². The molecule has 2 fully saturated rings. The highest BCUT2D eigenvalue weighted by Crippen LogP contribution is 2.49. The monoisotopic (exact) mass is 372 g/mol. The molecular weight excluding hydrogens is 350 g/mol. The average Bonchev–Trinajstić information content (AvgIpc) is 3.28. The molecule has 2 aliphatic carbocycles. The molecule has 25 heavy (non-hydrogen) atoms. The molecule has 2 aliphatic rings. The number of nitrogens with one attached hydrogen (secondary N) is 2. The van der Waals surface area contributed by atoms with E-state index >= 15 is 0 Å². The molecule has 0 aliphatic heterocycles. The van der Waals surface area contributed by atoms with E-state index < -0.39 is 33.5 Å². The van der Waals surface area contributed by atoms with Gasteiger partial charge < -0.3 is 5.32 Å². The summed E-state index contributed by atoms with van der Waals surface area (Å²) in [6, 6.07) is 3.06. The Kier molecular flexibility index (Phi) is 5.11. The van der Waals surface area contributed by atoms with Crippen molar-refractivity contribution in [2.24, 2.45) is 5.92 Å². The summed E-state index contributed by atoms with van der Waals surface area (Å²) in [4.78, 5) is 12.5. The molecule has 0 heterocycles. The van der Waals surface area contributed by atoms with Crippen molar-refractivity contribution in [1.82, 2.24) is 10.0 Å². The van der Waals surface area contributed by atoms with Gasteiger partial charge in [-0.05, 0) is 31.4 Å². The van der Waals surface area contributed by atoms with Crippen LogP contribution in [0.4, 0.5) is 8.78 Å². The number of benzene rings is 1. The minimum atomic E-state index is -3.36. The van der Waals surface area contributed by atoms with Crippen molar-refractivity contribution < 1.29 is 22.0 Å². The van der Waals surface area contributed by atoms with Crippen molar-refractivity contribution >= 4 is 15.9 Å². The number of hydrogen-bond donors (Lipinski definition) is 2. The molecule has 0 radical (unpaired) electrons. The van der Waals surface area contributed by atoms with Gasteiger partial charge in [-0.25, -0.2) is 21.9 Å². The predicted molar refractivity (Wildman–Crippen MR) is 89.4 cm³/mol. The van der Waals surface area contributed by atoms with Crippen molar-refractivity contribution in [1.29, 1.82) is 0 Å². The van der Waals surface area contributed by atoms with Crippen LogP contribution < -0.4 is 10.0 Å². The van der Waals surface area contributed by atoms with Crippen LogP contribution in [0.3, 0.4) is 0 Å². The van der Waals surface area contributed by atoms with Gasteiger partial charge in [0.15, 0.2) is 0 Å². The summed E-state index contributed by atoms with van der Waals surface area (Å²) in [7, 11) is -3.36. The van der Waals surface area contributed by atoms with E-state index in [-0.39, 0.29) is 23.6 Å². The summed E-state index contributed by atoms with van der Waals surface area (Å²) in [6.45, 7) is 0. The van der Waals surface area contributed by atoms with Crippen LogP contribution in [-0.4, -0.2) is 32.7 Å². The highest BCUT2D eigenvalue weighted by Gasteiger charge is 2.47. The molecule has 0 unspecified atom stereocenters. The topological polar surface area (TPSA) is 75.3 Å². The maximum atomic E-state index is 13.8. The first-order valence-corrected chi connectivity index (χ1v) is 10.4. The summed E-state index contributed by atoms with van der Waals surface area (Å²) in [5, 5.41) is 2.88. The second-order valence-corrected chi connectivity index (χ2v) is 8.76. The van der Waals surface area contributed by atoms with Gasteiger partial charge >= 0.3 is 0 Å². The number of sulfonamides is 1. The van der Waals surface area contributed by atoms with Crippen molar-refractivity contribution in [3.05, 3.63) is 35.4 Å². The van der Waals surface area contributed by atoms with Crippen LogP contribution in [0.2, 0.25) is 0 Å². The highest BCUT2D eigenvalue weighted by molar-refractivity contribution is 7.88. The van der Waals surface area contributed by atoms with Crippen LogP contribution in [0.25, 0.3) is 0 Å². The maximum Gasteiger partial charge on any atom is 0.224 e. The SMILES string of the molecule is CS(=O)(=O)N[C@@H]1CCCC[C@@H]1NC(=O)[C@H]1C[C@H]1c1c(F)cccc1F. The summed E-state index contributed by atoms with van der Waals surface area (Å²) in [5.41, 5.74) is -0.0305. The molecule has 138 valence electrons. The third-order valence-electron chi connectivity index (χ3n) is 4.96. The first-order valence-electron chi connectivity index (χ1n) is 8.48. The van der Waals surface area contributed by atoms with Crippen LogP contribution in [0, 0.1) is 17.6 Å². The summed E-state index contributed by atoms with van der Waals surface area (Å²) < 4.78 is 53.2. The molecule has 1 aromatic rings. The van der Waals surface area contributed by atoms with Crippen LogP contribution in [0.1, 0.15) is 43.6 Å². The Morgan fingerprint density at radius 1 is 1.12 bits per heavy atom. The van der Waals surface area contributed by atoms with E-state index in [2.05, 4.69) is 10.0 Å². The Morgan fingerprint density at radius 2 is 1.72 bits per heavy atom. The number of carbonyl (C=O) groups is 1. The van der Waals surface area contributed by atoms with Gasteiger partial charge in [-0.1, -0.05) is 18.9 Å². The Hall–Kier alpha value is -1.54. The van der Waals surface area contributed by atoms with Crippen LogP contribution in [0.5, 0.6) is 0 Å². The quantitative estimate of drug-likeness (QED) is 0.831. The first kappa shape index (κ1) is 18.3. The van der Waals surface area contributed by atoms with E-state index in [0.717, 1.165) is 19.1 Å². The molecule has 0 spiro atoms. The molecule has 0 saturated heterocycles. The maximum absolute atomic E-state index is 13.8. The van der Waals surface area contributed by atoms with Gasteiger partial charge in [0.25, 0.3) is 0 Å². The molecule has 8 heteroatoms. The van der Waals surface area contributed by atoms with Gasteiger partial charge in [0.1, 0.15) is 11.6 Å². The zero-order chi connectivity index (χ0) is 18.2. The average molecular weight is 372 g/mol. The van der Waals surface area contributed by atoms with E-state index in [4.69, 9.17) is 0 Å². The zero-order valence-electron chi connectivity index (χ0n) is 14.0. The minimum Gasteiger partial charge on any atom is -0.352 e. The number of rotatable bonds is 5. The summed E-state index contributed by atoms with van der Waals surface area (Å²) in [6.07, 6.45) is 4.65. The Balaban J connectivity index is 1.64. The third-order valence-corrected chi connectivity index (χ3v) is 5.69. The molecule has 1 aromatic carbocycles. The zero-order valence-corrected chi connectivity index (χ0v) is 14.8. The molecule has 2 N–H and O–H groups in total. The van der Waals surface area contributed by atoms with Crippen LogP contribution >= 0.6 is 0 Å². The van der Waals surface area contributed by atoms with Gasteiger partial charge in [-0.3, -0.25) is 4.79 Å². The Bertz CT molecular complexity index is 749. The van der Waals surface area contributed by atoms with Gasteiger partial charge in [0.05, 0.1) is 6.26 Å². The number of amides is 1. The fraction of sp³-hybridized carbons (Fsp3) is 0.588. The van der Waals surface area contributed by atoms with E-state index in [1.165, 1.54) is 18.2 Å². The summed E-state index contributed by atoms with van der Waals surface area (Å²) >= 11 is 0. The smallest absolute Gasteiger partial charge is 0.224 e. The Morgan fingerprint density at radius 3 is 2.32 bits per heavy atom. The molecule has 0 bridgehead atoms. The van der Waals surface area contributed by atoms with E-state index in [9.17, 15) is 22.0 Å². The fourth-order valence-corrected chi connectivity index (χ4v) is 4.51. The lowest BCUT2D eigenvalue weighted by Crippen LogP contribution is -2.53. The molecule has 3 rings (SSSR count). The number of halogens is 2. The van der Waals surface area contributed by atoms with Gasteiger partial charge in [0.2, 0.25) is 15.9 Å². The summed E-state index contributed by atoms with van der Waals surface area (Å²) in [5.74, 6) is -2.44. The number of carbonyl (C=O) groups excluding carboxylic acids is 1. The second kappa shape index (κ2) is 6.99. The molecule has 2 saturated carbocycles. The van der Waals surface area contributed by atoms with Crippen LogP contribution in [0.15, 0.2) is 18.2 Å². The predicted octanol–water partition coefficient (Wildman–Crippen LogP) is 2.04. The molecule has 1 amide bonds. The van der Waals surface area contributed by atoms with Crippen molar-refractivity contribution in [3.63, 3.8) is 0 Å². The lowest BCUT2D eigenvalue weighted by Gasteiger charge is -2.32. The van der Waals surface area contributed by atoms with Gasteiger partial charge in [-0.15, -0.1) is 0 Å².